The molecule has 0 aliphatic heterocycles. The molecule has 1 heterocycles. The Morgan fingerprint density at radius 2 is 2.17 bits per heavy atom. The number of nitrogens with zero attached hydrogens (tertiary/aromatic N) is 1. The second kappa shape index (κ2) is 6.19. The van der Waals surface area contributed by atoms with E-state index >= 15 is 0 Å². The van der Waals surface area contributed by atoms with Crippen molar-refractivity contribution in [1.29, 1.82) is 0 Å². The smallest absolute Gasteiger partial charge is 0.253 e. The number of carbonyl (C=O) groups excluding carboxylic acids is 1. The fourth-order valence-corrected chi connectivity index (χ4v) is 2.80. The fourth-order valence-electron chi connectivity index (χ4n) is 2.60. The molecule has 1 atom stereocenters. The van der Waals surface area contributed by atoms with Gasteiger partial charge in [0.15, 0.2) is 0 Å². The number of hydrogen-bond donors (Lipinski definition) is 1. The molecule has 1 saturated carbocycles. The van der Waals surface area contributed by atoms with Crippen molar-refractivity contribution in [2.45, 2.75) is 45.1 Å². The van der Waals surface area contributed by atoms with E-state index in [1.165, 1.54) is 38.3 Å². The van der Waals surface area contributed by atoms with E-state index in [1.54, 1.807) is 12.3 Å². The Hall–Kier alpha value is -1.09. The monoisotopic (exact) mass is 266 g/mol. The van der Waals surface area contributed by atoms with E-state index in [2.05, 4.69) is 17.2 Å². The lowest BCUT2D eigenvalue weighted by Gasteiger charge is -2.28. The van der Waals surface area contributed by atoms with E-state index in [0.717, 1.165) is 0 Å². The molecule has 1 fully saturated rings. The molecule has 1 aromatic heterocycles. The molecule has 0 bridgehead atoms. The summed E-state index contributed by atoms with van der Waals surface area (Å²) in [6.07, 6.45) is 9.40. The number of rotatable bonds is 3. The summed E-state index contributed by atoms with van der Waals surface area (Å²) in [6, 6.07) is 1.87. The quantitative estimate of drug-likeness (QED) is 0.911. The third kappa shape index (κ3) is 3.22. The number of hydrogen-bond acceptors (Lipinski definition) is 2. The van der Waals surface area contributed by atoms with Gasteiger partial charge in [-0.15, -0.1) is 0 Å². The van der Waals surface area contributed by atoms with Gasteiger partial charge in [0, 0.05) is 18.4 Å². The van der Waals surface area contributed by atoms with Crippen molar-refractivity contribution in [2.75, 3.05) is 0 Å². The predicted octanol–water partition coefficient (Wildman–Crippen LogP) is 3.43. The minimum atomic E-state index is -0.0968. The van der Waals surface area contributed by atoms with E-state index in [4.69, 9.17) is 11.6 Å². The van der Waals surface area contributed by atoms with E-state index in [9.17, 15) is 4.79 Å². The maximum absolute atomic E-state index is 12.1. The molecular formula is C14H19ClN2O. The van der Waals surface area contributed by atoms with Crippen molar-refractivity contribution in [3.63, 3.8) is 0 Å². The molecule has 1 N–H and O–H groups in total. The maximum Gasteiger partial charge on any atom is 0.253 e. The Labute approximate surface area is 113 Å². The first-order valence-electron chi connectivity index (χ1n) is 6.59. The second-order valence-electron chi connectivity index (χ2n) is 5.02. The molecule has 0 spiro atoms. The molecule has 3 nitrogen and oxygen atoms in total. The Morgan fingerprint density at radius 3 is 2.83 bits per heavy atom. The molecular weight excluding hydrogens is 248 g/mol. The molecule has 1 aromatic rings. The number of carbonyl (C=O) groups is 1. The van der Waals surface area contributed by atoms with Gasteiger partial charge in [0.25, 0.3) is 5.91 Å². The summed E-state index contributed by atoms with van der Waals surface area (Å²) in [5, 5.41) is 3.46. The van der Waals surface area contributed by atoms with Gasteiger partial charge >= 0.3 is 0 Å². The second-order valence-corrected chi connectivity index (χ2v) is 5.42. The van der Waals surface area contributed by atoms with Crippen LogP contribution in [0.1, 0.15) is 49.4 Å². The zero-order valence-corrected chi connectivity index (χ0v) is 11.4. The zero-order chi connectivity index (χ0) is 13.0. The first-order valence-corrected chi connectivity index (χ1v) is 6.96. The number of aromatic nitrogens is 1. The molecule has 1 amide bonds. The van der Waals surface area contributed by atoms with Crippen LogP contribution in [0.3, 0.4) is 0 Å². The molecule has 1 aliphatic carbocycles. The van der Waals surface area contributed by atoms with E-state index in [1.807, 2.05) is 0 Å². The van der Waals surface area contributed by atoms with Gasteiger partial charge in [-0.1, -0.05) is 30.9 Å². The van der Waals surface area contributed by atoms with E-state index < -0.39 is 0 Å². The average Bonchev–Trinajstić information content (AvgIpc) is 2.40. The van der Waals surface area contributed by atoms with Gasteiger partial charge in [-0.2, -0.15) is 0 Å². The summed E-state index contributed by atoms with van der Waals surface area (Å²) in [4.78, 5) is 16.0. The highest BCUT2D eigenvalue weighted by Crippen LogP contribution is 2.26. The molecule has 4 heteroatoms. The minimum absolute atomic E-state index is 0.0968. The first kappa shape index (κ1) is 13.3. The minimum Gasteiger partial charge on any atom is -0.349 e. The van der Waals surface area contributed by atoms with Crippen LogP contribution in [0.5, 0.6) is 0 Å². The lowest BCUT2D eigenvalue weighted by atomic mass is 9.84. The number of amides is 1. The van der Waals surface area contributed by atoms with Crippen LogP contribution in [0.2, 0.25) is 5.02 Å². The van der Waals surface area contributed by atoms with Gasteiger partial charge in [-0.25, -0.2) is 0 Å². The molecule has 0 radical (unpaired) electrons. The predicted molar refractivity (Wildman–Crippen MR) is 72.8 cm³/mol. The molecule has 1 unspecified atom stereocenters. The third-order valence-electron chi connectivity index (χ3n) is 3.73. The van der Waals surface area contributed by atoms with E-state index in [0.29, 0.717) is 16.5 Å². The van der Waals surface area contributed by atoms with Crippen molar-refractivity contribution < 1.29 is 4.79 Å². The molecule has 2 rings (SSSR count). The Morgan fingerprint density at radius 1 is 1.44 bits per heavy atom. The summed E-state index contributed by atoms with van der Waals surface area (Å²) in [5.41, 5.74) is 0.509. The SMILES string of the molecule is CC(NC(=O)c1ccncc1Cl)C1CCCCC1. The lowest BCUT2D eigenvalue weighted by molar-refractivity contribution is 0.0919. The van der Waals surface area contributed by atoms with Crippen LogP contribution >= 0.6 is 11.6 Å². The maximum atomic E-state index is 12.1. The van der Waals surface area contributed by atoms with Crippen LogP contribution in [0.15, 0.2) is 18.5 Å². The van der Waals surface area contributed by atoms with Gasteiger partial charge in [0.2, 0.25) is 0 Å². The molecule has 0 aromatic carbocycles. The highest BCUT2D eigenvalue weighted by molar-refractivity contribution is 6.33. The summed E-state index contributed by atoms with van der Waals surface area (Å²) in [7, 11) is 0. The van der Waals surface area contributed by atoms with Gasteiger partial charge in [-0.05, 0) is 31.7 Å². The Bertz CT molecular complexity index is 416. The number of nitrogens with one attached hydrogen (secondary N) is 1. The Balaban J connectivity index is 1.96. The van der Waals surface area contributed by atoms with Crippen molar-refractivity contribution in [1.82, 2.24) is 10.3 Å². The zero-order valence-electron chi connectivity index (χ0n) is 10.7. The largest absolute Gasteiger partial charge is 0.349 e. The van der Waals surface area contributed by atoms with Gasteiger partial charge in [0.1, 0.15) is 0 Å². The van der Waals surface area contributed by atoms with Crippen LogP contribution in [-0.2, 0) is 0 Å². The van der Waals surface area contributed by atoms with Crippen LogP contribution in [-0.4, -0.2) is 16.9 Å². The summed E-state index contributed by atoms with van der Waals surface area (Å²) >= 11 is 5.97. The topological polar surface area (TPSA) is 42.0 Å². The molecule has 0 saturated heterocycles. The van der Waals surface area contributed by atoms with Crippen LogP contribution in [0.4, 0.5) is 0 Å². The normalized spacial score (nSPS) is 18.3. The van der Waals surface area contributed by atoms with Crippen LogP contribution in [0.25, 0.3) is 0 Å². The number of halogens is 1. The van der Waals surface area contributed by atoms with Gasteiger partial charge < -0.3 is 5.32 Å². The summed E-state index contributed by atoms with van der Waals surface area (Å²) < 4.78 is 0. The van der Waals surface area contributed by atoms with Crippen LogP contribution < -0.4 is 5.32 Å². The molecule has 1 aliphatic rings. The van der Waals surface area contributed by atoms with Crippen molar-refractivity contribution in [3.8, 4) is 0 Å². The lowest BCUT2D eigenvalue weighted by Crippen LogP contribution is -2.39. The van der Waals surface area contributed by atoms with Gasteiger partial charge in [0.05, 0.1) is 10.6 Å². The Kier molecular flexibility index (Phi) is 4.59. The molecule has 98 valence electrons. The fraction of sp³-hybridized carbons (Fsp3) is 0.571. The highest BCUT2D eigenvalue weighted by Gasteiger charge is 2.22. The third-order valence-corrected chi connectivity index (χ3v) is 4.03. The summed E-state index contributed by atoms with van der Waals surface area (Å²) in [5.74, 6) is 0.504. The summed E-state index contributed by atoms with van der Waals surface area (Å²) in [6.45, 7) is 2.09. The average molecular weight is 267 g/mol. The van der Waals surface area contributed by atoms with Gasteiger partial charge in [-0.3, -0.25) is 9.78 Å². The first-order chi connectivity index (χ1) is 8.68. The van der Waals surface area contributed by atoms with Crippen LogP contribution in [0, 0.1) is 5.92 Å². The van der Waals surface area contributed by atoms with E-state index in [-0.39, 0.29) is 11.9 Å². The van der Waals surface area contributed by atoms with Crippen molar-refractivity contribution in [3.05, 3.63) is 29.0 Å². The highest BCUT2D eigenvalue weighted by atomic mass is 35.5. The van der Waals surface area contributed by atoms with Crippen molar-refractivity contribution >= 4 is 17.5 Å². The standard InChI is InChI=1S/C14H19ClN2O/c1-10(11-5-3-2-4-6-11)17-14(18)12-7-8-16-9-13(12)15/h7-11H,2-6H2,1H3,(H,17,18). The molecule has 18 heavy (non-hydrogen) atoms. The number of pyridine rings is 1. The van der Waals surface area contributed by atoms with Crippen molar-refractivity contribution in [2.24, 2.45) is 5.92 Å².